The van der Waals surface area contributed by atoms with E-state index in [1.807, 2.05) is 11.9 Å². The van der Waals surface area contributed by atoms with Crippen LogP contribution in [0.15, 0.2) is 6.20 Å². The van der Waals surface area contributed by atoms with Gasteiger partial charge in [0.15, 0.2) is 5.82 Å². The number of nitrogens with zero attached hydrogens (tertiary/aromatic N) is 5. The van der Waals surface area contributed by atoms with Gasteiger partial charge in [0.05, 0.1) is 12.7 Å². The first kappa shape index (κ1) is 22.8. The summed E-state index contributed by atoms with van der Waals surface area (Å²) in [4.78, 5) is 40.2. The Morgan fingerprint density at radius 2 is 1.94 bits per heavy atom. The van der Waals surface area contributed by atoms with E-state index in [-0.39, 0.29) is 30.4 Å². The third-order valence-corrected chi connectivity index (χ3v) is 7.54. The molecule has 3 N–H and O–H groups in total. The number of carbonyl (C=O) groups is 2. The number of aromatic nitrogens is 2. The second kappa shape index (κ2) is 9.60. The third kappa shape index (κ3) is 4.27. The summed E-state index contributed by atoms with van der Waals surface area (Å²) in [6, 6.07) is 0.383. The van der Waals surface area contributed by atoms with E-state index in [9.17, 15) is 9.59 Å². The van der Waals surface area contributed by atoms with Crippen LogP contribution in [0.1, 0.15) is 58.8 Å². The molecule has 1 aromatic heterocycles. The molecule has 0 spiro atoms. The molecular formula is C23H37N7O2. The van der Waals surface area contributed by atoms with Crippen molar-refractivity contribution in [2.45, 2.75) is 76.9 Å². The summed E-state index contributed by atoms with van der Waals surface area (Å²) in [7, 11) is 1.82. The minimum Gasteiger partial charge on any atom is -0.351 e. The van der Waals surface area contributed by atoms with E-state index >= 15 is 0 Å². The summed E-state index contributed by atoms with van der Waals surface area (Å²) in [6.45, 7) is 5.81. The average molecular weight is 444 g/mol. The van der Waals surface area contributed by atoms with Crippen molar-refractivity contribution in [3.05, 3.63) is 6.20 Å². The fourth-order valence-corrected chi connectivity index (χ4v) is 5.55. The summed E-state index contributed by atoms with van der Waals surface area (Å²) < 4.78 is 0. The number of carbonyl (C=O) groups excluding carboxylic acids is 2. The van der Waals surface area contributed by atoms with Crippen molar-refractivity contribution < 1.29 is 9.59 Å². The number of fused-ring (bicyclic) bond motifs is 1. The van der Waals surface area contributed by atoms with Crippen LogP contribution in [0.2, 0.25) is 0 Å². The van der Waals surface area contributed by atoms with Crippen molar-refractivity contribution in [3.63, 3.8) is 0 Å². The molecule has 32 heavy (non-hydrogen) atoms. The topological polar surface area (TPSA) is 108 Å². The Labute approximate surface area is 190 Å². The van der Waals surface area contributed by atoms with Crippen molar-refractivity contribution in [1.29, 1.82) is 0 Å². The van der Waals surface area contributed by atoms with Crippen LogP contribution in [-0.4, -0.2) is 71.5 Å². The Morgan fingerprint density at radius 3 is 2.56 bits per heavy atom. The molecule has 0 bridgehead atoms. The zero-order valence-corrected chi connectivity index (χ0v) is 19.6. The molecule has 2 fully saturated rings. The molecule has 2 aliphatic heterocycles. The molecule has 9 heteroatoms. The fourth-order valence-electron chi connectivity index (χ4n) is 5.55. The Balaban J connectivity index is 1.51. The second-order valence-corrected chi connectivity index (χ2v) is 9.42. The lowest BCUT2D eigenvalue weighted by Gasteiger charge is -2.43. The van der Waals surface area contributed by atoms with Crippen LogP contribution in [0, 0.1) is 5.92 Å². The number of anilines is 3. The predicted octanol–water partition coefficient (Wildman–Crippen LogP) is 1.98. The van der Waals surface area contributed by atoms with Crippen molar-refractivity contribution >= 4 is 29.3 Å². The molecule has 2 amide bonds. The molecule has 1 saturated heterocycles. The van der Waals surface area contributed by atoms with Crippen LogP contribution in [0.5, 0.6) is 0 Å². The van der Waals surface area contributed by atoms with Gasteiger partial charge in [0.25, 0.3) is 0 Å². The highest BCUT2D eigenvalue weighted by molar-refractivity contribution is 6.04. The lowest BCUT2D eigenvalue weighted by Crippen LogP contribution is -2.55. The quantitative estimate of drug-likeness (QED) is 0.692. The van der Waals surface area contributed by atoms with Crippen LogP contribution in [-0.2, 0) is 9.59 Å². The number of hydrogen-bond donors (Lipinski definition) is 2. The normalized spacial score (nSPS) is 23.4. The number of rotatable bonds is 6. The minimum absolute atomic E-state index is 0.0261. The molecule has 0 radical (unpaired) electrons. The molecule has 4 rings (SSSR count). The van der Waals surface area contributed by atoms with E-state index in [4.69, 9.17) is 10.7 Å². The van der Waals surface area contributed by atoms with Gasteiger partial charge in [-0.1, -0.05) is 19.8 Å². The predicted molar refractivity (Wildman–Crippen MR) is 126 cm³/mol. The van der Waals surface area contributed by atoms with Crippen LogP contribution >= 0.6 is 0 Å². The average Bonchev–Trinajstić information content (AvgIpc) is 3.35. The molecule has 0 unspecified atom stereocenters. The summed E-state index contributed by atoms with van der Waals surface area (Å²) in [5, 5.41) is 3.51. The molecule has 3 heterocycles. The van der Waals surface area contributed by atoms with E-state index < -0.39 is 0 Å². The number of likely N-dealkylation sites (tertiary alicyclic amines) is 1. The SMILES string of the molecule is CC[C@@H]1C(=O)N(C)c2cnc(N[C@@H](C)C3CCN(C(=O)CN)CC3)nc2N1C1CCCC1. The third-order valence-electron chi connectivity index (χ3n) is 7.54. The van der Waals surface area contributed by atoms with Crippen molar-refractivity contribution in [2.24, 2.45) is 11.7 Å². The van der Waals surface area contributed by atoms with Crippen molar-refractivity contribution in [3.8, 4) is 0 Å². The highest BCUT2D eigenvalue weighted by Crippen LogP contribution is 2.40. The maximum atomic E-state index is 13.0. The van der Waals surface area contributed by atoms with Gasteiger partial charge in [-0.3, -0.25) is 9.59 Å². The smallest absolute Gasteiger partial charge is 0.249 e. The molecule has 9 nitrogen and oxygen atoms in total. The highest BCUT2D eigenvalue weighted by Gasteiger charge is 2.41. The van der Waals surface area contributed by atoms with Gasteiger partial charge in [0.2, 0.25) is 17.8 Å². The summed E-state index contributed by atoms with van der Waals surface area (Å²) >= 11 is 0. The Morgan fingerprint density at radius 1 is 1.25 bits per heavy atom. The molecule has 2 atom stereocenters. The summed E-state index contributed by atoms with van der Waals surface area (Å²) in [6.07, 6.45) is 9.05. The molecular weight excluding hydrogens is 406 g/mol. The Hall–Kier alpha value is -2.42. The molecule has 176 valence electrons. The van der Waals surface area contributed by atoms with Crippen LogP contribution in [0.3, 0.4) is 0 Å². The van der Waals surface area contributed by atoms with Gasteiger partial charge >= 0.3 is 0 Å². The zero-order chi connectivity index (χ0) is 22.8. The second-order valence-electron chi connectivity index (χ2n) is 9.42. The Bertz CT molecular complexity index is 834. The number of hydrogen-bond acceptors (Lipinski definition) is 7. The first-order valence-corrected chi connectivity index (χ1v) is 12.1. The van der Waals surface area contributed by atoms with E-state index in [1.54, 1.807) is 11.1 Å². The van der Waals surface area contributed by atoms with Gasteiger partial charge in [0, 0.05) is 32.2 Å². The van der Waals surface area contributed by atoms with Gasteiger partial charge in [-0.2, -0.15) is 4.98 Å². The first-order valence-electron chi connectivity index (χ1n) is 12.1. The number of amides is 2. The van der Waals surface area contributed by atoms with E-state index in [1.165, 1.54) is 12.8 Å². The van der Waals surface area contributed by atoms with Crippen molar-refractivity contribution in [1.82, 2.24) is 14.9 Å². The van der Waals surface area contributed by atoms with E-state index in [0.717, 1.165) is 56.7 Å². The number of likely N-dealkylation sites (N-methyl/N-ethyl adjacent to an activating group) is 1. The lowest BCUT2D eigenvalue weighted by atomic mass is 9.90. The number of nitrogens with two attached hydrogens (primary N) is 1. The van der Waals surface area contributed by atoms with E-state index in [2.05, 4.69) is 29.0 Å². The molecule has 3 aliphatic rings. The molecule has 0 aromatic carbocycles. The van der Waals surface area contributed by atoms with Gasteiger partial charge in [-0.25, -0.2) is 4.98 Å². The summed E-state index contributed by atoms with van der Waals surface area (Å²) in [5.41, 5.74) is 6.29. The van der Waals surface area contributed by atoms with Crippen molar-refractivity contribution in [2.75, 3.05) is 41.8 Å². The van der Waals surface area contributed by atoms with E-state index in [0.29, 0.717) is 17.9 Å². The van der Waals surface area contributed by atoms with Gasteiger partial charge in [-0.05, 0) is 44.9 Å². The fraction of sp³-hybridized carbons (Fsp3) is 0.739. The maximum Gasteiger partial charge on any atom is 0.249 e. The van der Waals surface area contributed by atoms with Gasteiger partial charge in [0.1, 0.15) is 11.7 Å². The lowest BCUT2D eigenvalue weighted by molar-refractivity contribution is -0.131. The first-order chi connectivity index (χ1) is 15.4. The Kier molecular flexibility index (Phi) is 6.83. The maximum absolute atomic E-state index is 13.0. The largest absolute Gasteiger partial charge is 0.351 e. The molecule has 1 saturated carbocycles. The van der Waals surface area contributed by atoms with Crippen LogP contribution in [0.25, 0.3) is 0 Å². The zero-order valence-electron chi connectivity index (χ0n) is 19.6. The van der Waals surface area contributed by atoms with Crippen LogP contribution < -0.4 is 20.9 Å². The number of nitrogens with one attached hydrogen (secondary N) is 1. The van der Waals surface area contributed by atoms with Gasteiger partial charge < -0.3 is 25.8 Å². The van der Waals surface area contributed by atoms with Crippen LogP contribution in [0.4, 0.5) is 17.5 Å². The monoisotopic (exact) mass is 443 g/mol. The highest BCUT2D eigenvalue weighted by atomic mass is 16.2. The standard InChI is InChI=1S/C23H37N7O2/c1-4-18-22(32)28(3)19-14-25-23(27-21(19)30(18)17-7-5-6-8-17)26-15(2)16-9-11-29(12-10-16)20(31)13-24/h14-18H,4-13,24H2,1-3H3,(H,25,26,27)/t15-,18+/m0/s1. The van der Waals surface area contributed by atoms with Gasteiger partial charge in [-0.15, -0.1) is 0 Å². The molecule has 1 aromatic rings. The minimum atomic E-state index is -0.166. The number of piperidine rings is 1. The molecule has 1 aliphatic carbocycles. The summed E-state index contributed by atoms with van der Waals surface area (Å²) in [5.74, 6) is 2.08.